The first-order chi connectivity index (χ1) is 6.69. The minimum atomic E-state index is -0.304. The quantitative estimate of drug-likeness (QED) is 0.840. The highest BCUT2D eigenvalue weighted by Crippen LogP contribution is 2.27. The van der Waals surface area contributed by atoms with Crippen molar-refractivity contribution in [2.24, 2.45) is 5.92 Å². The highest BCUT2D eigenvalue weighted by Gasteiger charge is 2.16. The number of aliphatic hydroxyl groups excluding tert-OH is 1. The molecule has 0 aliphatic heterocycles. The molecule has 1 atom stereocenters. The predicted octanol–water partition coefficient (Wildman–Crippen LogP) is 3.76. The third kappa shape index (κ3) is 2.95. The van der Waals surface area contributed by atoms with E-state index in [1.165, 1.54) is 3.57 Å². The van der Waals surface area contributed by atoms with Crippen LogP contribution < -0.4 is 0 Å². The van der Waals surface area contributed by atoms with Crippen molar-refractivity contribution in [3.8, 4) is 0 Å². The molecule has 2 heteroatoms. The molecule has 0 spiro atoms. The lowest BCUT2D eigenvalue weighted by atomic mass is 9.91. The van der Waals surface area contributed by atoms with Gasteiger partial charge in [0.1, 0.15) is 0 Å². The summed E-state index contributed by atoms with van der Waals surface area (Å²) in [7, 11) is 0. The number of hydrogen-bond acceptors (Lipinski definition) is 1. The van der Waals surface area contributed by atoms with Gasteiger partial charge in [0.15, 0.2) is 0 Å². The van der Waals surface area contributed by atoms with Crippen LogP contribution in [0.4, 0.5) is 0 Å². The molecule has 1 aromatic carbocycles. The van der Waals surface area contributed by atoms with Gasteiger partial charge in [-0.3, -0.25) is 0 Å². The fourth-order valence-electron chi connectivity index (χ4n) is 1.67. The molecule has 0 heterocycles. The topological polar surface area (TPSA) is 20.2 Å². The van der Waals surface area contributed by atoms with E-state index in [9.17, 15) is 5.11 Å². The minimum Gasteiger partial charge on any atom is -0.388 e. The maximum absolute atomic E-state index is 10.1. The van der Waals surface area contributed by atoms with E-state index in [1.54, 1.807) is 0 Å². The van der Waals surface area contributed by atoms with Crippen LogP contribution in [0.1, 0.15) is 38.4 Å². The molecule has 1 nitrogen and oxygen atoms in total. The van der Waals surface area contributed by atoms with Crippen LogP contribution in [0, 0.1) is 9.49 Å². The Balaban J connectivity index is 2.77. The van der Waals surface area contributed by atoms with Gasteiger partial charge in [0.25, 0.3) is 0 Å². The van der Waals surface area contributed by atoms with Crippen LogP contribution in [0.5, 0.6) is 0 Å². The summed E-state index contributed by atoms with van der Waals surface area (Å²) in [6.45, 7) is 4.26. The van der Waals surface area contributed by atoms with Crippen molar-refractivity contribution in [3.05, 3.63) is 33.4 Å². The highest BCUT2D eigenvalue weighted by molar-refractivity contribution is 14.1. The van der Waals surface area contributed by atoms with Crippen LogP contribution in [0.2, 0.25) is 0 Å². The van der Waals surface area contributed by atoms with Gasteiger partial charge >= 0.3 is 0 Å². The smallest absolute Gasteiger partial charge is 0.0818 e. The van der Waals surface area contributed by atoms with Crippen LogP contribution >= 0.6 is 22.6 Å². The summed E-state index contributed by atoms with van der Waals surface area (Å²) in [5.74, 6) is 0.384. The molecular weight excluding hydrogens is 287 g/mol. The van der Waals surface area contributed by atoms with Gasteiger partial charge in [-0.15, -0.1) is 0 Å². The van der Waals surface area contributed by atoms with Gasteiger partial charge in [0.2, 0.25) is 0 Å². The molecule has 1 unspecified atom stereocenters. The minimum absolute atomic E-state index is 0.304. The Morgan fingerprint density at radius 3 is 2.07 bits per heavy atom. The monoisotopic (exact) mass is 304 g/mol. The molecule has 0 aliphatic carbocycles. The first kappa shape index (κ1) is 12.0. The maximum Gasteiger partial charge on any atom is 0.0818 e. The average Bonchev–Trinajstić information content (AvgIpc) is 2.20. The van der Waals surface area contributed by atoms with E-state index in [4.69, 9.17) is 0 Å². The molecule has 0 aliphatic rings. The molecule has 1 N–H and O–H groups in total. The second kappa shape index (κ2) is 5.71. The summed E-state index contributed by atoms with van der Waals surface area (Å²) < 4.78 is 1.21. The third-order valence-electron chi connectivity index (χ3n) is 2.71. The molecular formula is C12H17IO. The van der Waals surface area contributed by atoms with Crippen molar-refractivity contribution in [2.75, 3.05) is 0 Å². The van der Waals surface area contributed by atoms with E-state index >= 15 is 0 Å². The number of benzene rings is 1. The third-order valence-corrected chi connectivity index (χ3v) is 3.43. The zero-order chi connectivity index (χ0) is 10.6. The molecule has 14 heavy (non-hydrogen) atoms. The normalized spacial score (nSPS) is 13.2. The SMILES string of the molecule is CCC(CC)C(O)c1ccc(I)cc1. The zero-order valence-corrected chi connectivity index (χ0v) is 10.9. The Hall–Kier alpha value is -0.0900. The van der Waals surface area contributed by atoms with E-state index in [2.05, 4.69) is 36.4 Å². The van der Waals surface area contributed by atoms with Crippen LogP contribution in [0.15, 0.2) is 24.3 Å². The summed E-state index contributed by atoms with van der Waals surface area (Å²) in [6, 6.07) is 8.12. The Labute approximate surface area is 99.7 Å². The highest BCUT2D eigenvalue weighted by atomic mass is 127. The molecule has 0 radical (unpaired) electrons. The van der Waals surface area contributed by atoms with Crippen molar-refractivity contribution >= 4 is 22.6 Å². The average molecular weight is 304 g/mol. The van der Waals surface area contributed by atoms with Gasteiger partial charge < -0.3 is 5.11 Å². The molecule has 78 valence electrons. The van der Waals surface area contributed by atoms with Crippen molar-refractivity contribution in [2.45, 2.75) is 32.8 Å². The second-order valence-corrected chi connectivity index (χ2v) is 4.82. The molecule has 1 aromatic rings. The van der Waals surface area contributed by atoms with Crippen LogP contribution in [-0.4, -0.2) is 5.11 Å². The lowest BCUT2D eigenvalue weighted by Crippen LogP contribution is -2.10. The van der Waals surface area contributed by atoms with Crippen LogP contribution in [-0.2, 0) is 0 Å². The molecule has 0 fully saturated rings. The number of aliphatic hydroxyl groups is 1. The van der Waals surface area contributed by atoms with E-state index < -0.39 is 0 Å². The predicted molar refractivity (Wildman–Crippen MR) is 68.2 cm³/mol. The van der Waals surface area contributed by atoms with Crippen molar-refractivity contribution in [3.63, 3.8) is 0 Å². The fraction of sp³-hybridized carbons (Fsp3) is 0.500. The summed E-state index contributed by atoms with van der Waals surface area (Å²) in [4.78, 5) is 0. The number of rotatable bonds is 4. The van der Waals surface area contributed by atoms with Gasteiger partial charge in [-0.2, -0.15) is 0 Å². The zero-order valence-electron chi connectivity index (χ0n) is 8.70. The lowest BCUT2D eigenvalue weighted by molar-refractivity contribution is 0.103. The molecule has 0 amide bonds. The first-order valence-corrected chi connectivity index (χ1v) is 6.20. The molecule has 1 rings (SSSR count). The van der Waals surface area contributed by atoms with Gasteiger partial charge in [0.05, 0.1) is 6.10 Å². The Bertz CT molecular complexity index is 264. The molecule has 0 saturated carbocycles. The van der Waals surface area contributed by atoms with Crippen molar-refractivity contribution in [1.29, 1.82) is 0 Å². The van der Waals surface area contributed by atoms with Crippen molar-refractivity contribution in [1.82, 2.24) is 0 Å². The Morgan fingerprint density at radius 1 is 1.14 bits per heavy atom. The lowest BCUT2D eigenvalue weighted by Gasteiger charge is -2.20. The maximum atomic E-state index is 10.1. The van der Waals surface area contributed by atoms with Gasteiger partial charge in [0, 0.05) is 3.57 Å². The number of halogens is 1. The second-order valence-electron chi connectivity index (χ2n) is 3.57. The molecule has 0 bridgehead atoms. The van der Waals surface area contributed by atoms with E-state index in [0.717, 1.165) is 18.4 Å². The van der Waals surface area contributed by atoms with Crippen LogP contribution in [0.25, 0.3) is 0 Å². The van der Waals surface area contributed by atoms with Gasteiger partial charge in [-0.1, -0.05) is 38.8 Å². The van der Waals surface area contributed by atoms with E-state index in [-0.39, 0.29) is 6.10 Å². The Kier molecular flexibility index (Phi) is 4.89. The largest absolute Gasteiger partial charge is 0.388 e. The molecule has 0 saturated heterocycles. The van der Waals surface area contributed by atoms with E-state index in [0.29, 0.717) is 5.92 Å². The van der Waals surface area contributed by atoms with Crippen LogP contribution in [0.3, 0.4) is 0 Å². The summed E-state index contributed by atoms with van der Waals surface area (Å²) in [5.41, 5.74) is 1.04. The van der Waals surface area contributed by atoms with E-state index in [1.807, 2.05) is 24.3 Å². The van der Waals surface area contributed by atoms with Crippen molar-refractivity contribution < 1.29 is 5.11 Å². The summed E-state index contributed by atoms with van der Waals surface area (Å²) in [5, 5.41) is 10.1. The summed E-state index contributed by atoms with van der Waals surface area (Å²) >= 11 is 2.27. The van der Waals surface area contributed by atoms with Gasteiger partial charge in [-0.25, -0.2) is 0 Å². The standard InChI is InChI=1S/C12H17IO/c1-3-9(4-2)12(14)10-5-7-11(13)8-6-10/h5-9,12,14H,3-4H2,1-2H3. The van der Waals surface area contributed by atoms with Gasteiger partial charge in [-0.05, 0) is 46.2 Å². The first-order valence-electron chi connectivity index (χ1n) is 5.12. The number of hydrogen-bond donors (Lipinski definition) is 1. The Morgan fingerprint density at radius 2 is 1.64 bits per heavy atom. The molecule has 0 aromatic heterocycles. The fourth-order valence-corrected chi connectivity index (χ4v) is 2.03. The summed E-state index contributed by atoms with van der Waals surface area (Å²) in [6.07, 6.45) is 1.76.